The Morgan fingerprint density at radius 3 is 1.18 bits per heavy atom. The van der Waals surface area contributed by atoms with E-state index in [2.05, 4.69) is 77.5 Å². The van der Waals surface area contributed by atoms with Crippen LogP contribution in [0.2, 0.25) is 0 Å². The molecule has 28 heavy (non-hydrogen) atoms. The molecule has 0 heterocycles. The Kier molecular flexibility index (Phi) is 5.65. The molecule has 0 atom stereocenters. The predicted octanol–water partition coefficient (Wildman–Crippen LogP) is 6.52. The van der Waals surface area contributed by atoms with Gasteiger partial charge >= 0.3 is 0 Å². The third-order valence-corrected chi connectivity index (χ3v) is 9.98. The van der Waals surface area contributed by atoms with E-state index in [1.165, 1.54) is 9.79 Å². The molecule has 0 aliphatic carbocycles. The highest BCUT2D eigenvalue weighted by Gasteiger charge is 2.26. The van der Waals surface area contributed by atoms with Gasteiger partial charge in [-0.3, -0.25) is 4.78 Å². The molecule has 1 N–H and O–H groups in total. The Labute approximate surface area is 170 Å². The number of rotatable bonds is 5. The van der Waals surface area contributed by atoms with Crippen molar-refractivity contribution in [2.24, 2.45) is 0 Å². The van der Waals surface area contributed by atoms with Gasteiger partial charge in [0.15, 0.2) is 14.5 Å². The molecular weight excluding hydrogens is 378 g/mol. The van der Waals surface area contributed by atoms with Gasteiger partial charge in [-0.15, -0.1) is 0 Å². The number of hydrogen-bond acceptors (Lipinski definition) is 1. The molecular formula is C25H22NS2+. The van der Waals surface area contributed by atoms with E-state index in [9.17, 15) is 4.78 Å². The van der Waals surface area contributed by atoms with E-state index in [4.69, 9.17) is 0 Å². The highest BCUT2D eigenvalue weighted by Crippen LogP contribution is 2.28. The Balaban J connectivity index is 1.99. The van der Waals surface area contributed by atoms with Crippen molar-refractivity contribution in [3.63, 3.8) is 0 Å². The van der Waals surface area contributed by atoms with Crippen LogP contribution in [0, 0.1) is 4.78 Å². The average molecular weight is 401 g/mol. The Morgan fingerprint density at radius 1 is 0.500 bits per heavy atom. The molecule has 0 spiro atoms. The first-order chi connectivity index (χ1) is 13.8. The van der Waals surface area contributed by atoms with E-state index < -0.39 is 9.41 Å². The van der Waals surface area contributed by atoms with Crippen LogP contribution in [-0.4, -0.2) is 4.70 Å². The summed E-state index contributed by atoms with van der Waals surface area (Å²) in [6, 6.07) is 41.6. The first-order valence-electron chi connectivity index (χ1n) is 9.13. The lowest BCUT2D eigenvalue weighted by Gasteiger charge is -2.15. The summed E-state index contributed by atoms with van der Waals surface area (Å²) in [6.07, 6.45) is 0. The highest BCUT2D eigenvalue weighted by atomic mass is 32.3. The zero-order chi connectivity index (χ0) is 19.2. The summed E-state index contributed by atoms with van der Waals surface area (Å²) in [6.45, 7) is 0. The van der Waals surface area contributed by atoms with Gasteiger partial charge in [0.25, 0.3) is 0 Å². The predicted molar refractivity (Wildman–Crippen MR) is 122 cm³/mol. The third kappa shape index (κ3) is 3.91. The Hall–Kier alpha value is -2.75. The van der Waals surface area contributed by atoms with Crippen LogP contribution in [0.3, 0.4) is 0 Å². The largest absolute Gasteiger partial charge is 0.273 e. The summed E-state index contributed by atoms with van der Waals surface area (Å²) in [4.78, 5) is 4.60. The van der Waals surface area contributed by atoms with Crippen LogP contribution in [0.25, 0.3) is 0 Å². The first kappa shape index (κ1) is 18.6. The molecule has 0 aromatic heterocycles. The summed E-state index contributed by atoms with van der Waals surface area (Å²) in [5.74, 6) is 0. The molecule has 0 aliphatic heterocycles. The van der Waals surface area contributed by atoms with Gasteiger partial charge in [-0.25, -0.2) is 0 Å². The molecule has 0 amide bonds. The summed E-state index contributed by atoms with van der Waals surface area (Å²) in [5, 5.41) is 0. The third-order valence-electron chi connectivity index (χ3n) is 4.46. The second-order valence-corrected chi connectivity index (χ2v) is 11.0. The van der Waals surface area contributed by atoms with Crippen LogP contribution in [0.1, 0.15) is 0 Å². The molecule has 4 aromatic rings. The van der Waals surface area contributed by atoms with E-state index in [1.54, 1.807) is 0 Å². The molecule has 138 valence electrons. The monoisotopic (exact) mass is 400 g/mol. The molecule has 0 radical (unpaired) electrons. The van der Waals surface area contributed by atoms with Crippen LogP contribution in [0.5, 0.6) is 0 Å². The van der Waals surface area contributed by atoms with Gasteiger partial charge in [-0.2, -0.15) is 0 Å². The van der Waals surface area contributed by atoms with Gasteiger partial charge in [-0.05, 0) is 57.9 Å². The van der Waals surface area contributed by atoms with Crippen molar-refractivity contribution in [2.45, 2.75) is 19.6 Å². The van der Waals surface area contributed by atoms with Gasteiger partial charge in [0.05, 0.1) is 10.9 Å². The molecule has 3 heteroatoms. The lowest BCUT2D eigenvalue weighted by Crippen LogP contribution is -2.13. The van der Waals surface area contributed by atoms with Crippen molar-refractivity contribution in [3.8, 4) is 0 Å². The zero-order valence-electron chi connectivity index (χ0n) is 15.4. The summed E-state index contributed by atoms with van der Waals surface area (Å²) < 4.78 is 11.9. The minimum absolute atomic E-state index is 0.297. The minimum atomic E-state index is -2.05. The molecule has 0 unspecified atom stereocenters. The number of nitrogens with one attached hydrogen (secondary N) is 1. The van der Waals surface area contributed by atoms with Crippen LogP contribution < -0.4 is 0 Å². The van der Waals surface area contributed by atoms with E-state index in [0.717, 1.165) is 9.79 Å². The molecule has 4 aromatic carbocycles. The number of hydrogen-bond donors (Lipinski definition) is 1. The van der Waals surface area contributed by atoms with E-state index in [0.29, 0.717) is 0 Å². The Bertz CT molecular complexity index is 1050. The van der Waals surface area contributed by atoms with Crippen LogP contribution in [0.15, 0.2) is 141 Å². The van der Waals surface area contributed by atoms with Crippen LogP contribution in [-0.2, 0) is 20.3 Å². The van der Waals surface area contributed by atoms with Gasteiger partial charge in [0, 0.05) is 9.79 Å². The normalized spacial score (nSPS) is 11.3. The maximum atomic E-state index is 9.67. The fraction of sp³-hybridized carbons (Fsp3) is 0. The fourth-order valence-corrected chi connectivity index (χ4v) is 8.59. The Morgan fingerprint density at radius 2 is 0.821 bits per heavy atom. The van der Waals surface area contributed by atoms with Gasteiger partial charge < -0.3 is 0 Å². The SMILES string of the molecule is N=S(=C[S+](c1ccccc1)c1ccccc1)(c1ccccc1)c1ccccc1. The van der Waals surface area contributed by atoms with Crippen molar-refractivity contribution in [1.82, 2.24) is 0 Å². The van der Waals surface area contributed by atoms with Crippen LogP contribution in [0.4, 0.5) is 0 Å². The van der Waals surface area contributed by atoms with Gasteiger partial charge in [-0.1, -0.05) is 72.8 Å². The molecule has 1 nitrogen and oxygen atoms in total. The van der Waals surface area contributed by atoms with E-state index >= 15 is 0 Å². The van der Waals surface area contributed by atoms with Crippen molar-refractivity contribution >= 4 is 25.0 Å². The lowest BCUT2D eigenvalue weighted by molar-refractivity contribution is 1.35. The fourth-order valence-electron chi connectivity index (χ4n) is 3.04. The van der Waals surface area contributed by atoms with Gasteiger partial charge in [0.2, 0.25) is 0 Å². The van der Waals surface area contributed by atoms with Crippen molar-refractivity contribution in [3.05, 3.63) is 121 Å². The summed E-state index contributed by atoms with van der Waals surface area (Å²) >= 11 is 0. The minimum Gasteiger partial charge on any atom is -0.273 e. The topological polar surface area (TPSA) is 23.9 Å². The smallest absolute Gasteiger partial charge is 0.173 e. The molecule has 0 saturated heterocycles. The van der Waals surface area contributed by atoms with Gasteiger partial charge in [0.1, 0.15) is 0 Å². The quantitative estimate of drug-likeness (QED) is 0.291. The first-order valence-corrected chi connectivity index (χ1v) is 12.1. The van der Waals surface area contributed by atoms with Crippen molar-refractivity contribution in [1.29, 1.82) is 4.78 Å². The summed E-state index contributed by atoms with van der Waals surface area (Å²) in [7, 11) is -2.35. The molecule has 0 saturated carbocycles. The maximum absolute atomic E-state index is 9.67. The second-order valence-electron chi connectivity index (χ2n) is 6.35. The second kappa shape index (κ2) is 8.51. The average Bonchev–Trinajstić information content (AvgIpc) is 2.80. The van der Waals surface area contributed by atoms with Crippen molar-refractivity contribution in [2.75, 3.05) is 0 Å². The molecule has 0 aliphatic rings. The number of benzene rings is 4. The molecule has 0 bridgehead atoms. The maximum Gasteiger partial charge on any atom is 0.173 e. The van der Waals surface area contributed by atoms with E-state index in [-0.39, 0.29) is 10.9 Å². The standard InChI is InChI=1S/C25H22NS2/c26-28(24-17-9-3-10-18-24,25-19-11-4-12-20-25)21-27(22-13-5-1-6-14-22)23-15-7-2-8-16-23/h1-21,26H/q+1. The van der Waals surface area contributed by atoms with Crippen LogP contribution >= 0.6 is 0 Å². The summed E-state index contributed by atoms with van der Waals surface area (Å²) in [5.41, 5.74) is 0. The zero-order valence-corrected chi connectivity index (χ0v) is 17.1. The van der Waals surface area contributed by atoms with Crippen molar-refractivity contribution < 1.29 is 0 Å². The lowest BCUT2D eigenvalue weighted by atomic mass is 10.4. The highest BCUT2D eigenvalue weighted by molar-refractivity contribution is 8.24. The molecule has 0 fully saturated rings. The molecule has 4 rings (SSSR count). The van der Waals surface area contributed by atoms with E-state index in [1.807, 2.05) is 48.5 Å².